The van der Waals surface area contributed by atoms with Crippen molar-refractivity contribution in [3.05, 3.63) is 46.1 Å². The van der Waals surface area contributed by atoms with Crippen LogP contribution in [0.2, 0.25) is 5.02 Å². The zero-order valence-electron chi connectivity index (χ0n) is 15.9. The lowest BCUT2D eigenvalue weighted by molar-refractivity contribution is 0.0332. The molecule has 152 valence electrons. The number of hydrogen-bond donors (Lipinski definition) is 1. The molecule has 0 radical (unpaired) electrons. The van der Waals surface area contributed by atoms with E-state index in [4.69, 9.17) is 16.3 Å². The van der Waals surface area contributed by atoms with Crippen molar-refractivity contribution in [1.82, 2.24) is 9.97 Å². The second-order valence-electron chi connectivity index (χ2n) is 8.06. The number of aromatic nitrogens is 2. The molecular formula is C20H24ClFN2O3S. The van der Waals surface area contributed by atoms with E-state index in [1.54, 1.807) is 13.0 Å². The number of aryl methyl sites for hydroxylation is 1. The maximum absolute atomic E-state index is 13.6. The van der Waals surface area contributed by atoms with Crippen LogP contribution in [0.3, 0.4) is 0 Å². The normalized spacial score (nSPS) is 25.4. The van der Waals surface area contributed by atoms with Crippen molar-refractivity contribution in [3.8, 4) is 0 Å². The van der Waals surface area contributed by atoms with Gasteiger partial charge in [0.15, 0.2) is 14.9 Å². The number of rotatable bonds is 6. The number of H-pyrrole nitrogens is 1. The van der Waals surface area contributed by atoms with Gasteiger partial charge in [-0.25, -0.2) is 17.8 Å². The first kappa shape index (κ1) is 19.9. The molecule has 1 aromatic heterocycles. The number of ether oxygens (including phenoxy) is 1. The van der Waals surface area contributed by atoms with E-state index in [1.165, 1.54) is 31.4 Å². The smallest absolute Gasteiger partial charge is 0.194 e. The maximum atomic E-state index is 13.6. The summed E-state index contributed by atoms with van der Waals surface area (Å²) in [4.78, 5) is 7.34. The van der Waals surface area contributed by atoms with Crippen LogP contribution in [-0.4, -0.2) is 31.2 Å². The quantitative estimate of drug-likeness (QED) is 0.740. The van der Waals surface area contributed by atoms with Crippen molar-refractivity contribution in [1.29, 1.82) is 0 Å². The van der Waals surface area contributed by atoms with Gasteiger partial charge in [0.2, 0.25) is 0 Å². The van der Waals surface area contributed by atoms with E-state index in [1.807, 2.05) is 0 Å². The van der Waals surface area contributed by atoms with Gasteiger partial charge >= 0.3 is 0 Å². The van der Waals surface area contributed by atoms with Crippen molar-refractivity contribution in [2.75, 3.05) is 12.9 Å². The molecule has 2 aromatic rings. The number of sulfone groups is 1. The number of fused-ring (bicyclic) bond motifs is 1. The molecule has 1 aromatic carbocycles. The van der Waals surface area contributed by atoms with Crippen LogP contribution in [0.5, 0.6) is 0 Å². The molecule has 0 bridgehead atoms. The molecule has 0 spiro atoms. The van der Waals surface area contributed by atoms with Crippen LogP contribution in [0.4, 0.5) is 4.39 Å². The van der Waals surface area contributed by atoms with Gasteiger partial charge in [-0.2, -0.15) is 0 Å². The first-order chi connectivity index (χ1) is 13.2. The van der Waals surface area contributed by atoms with Crippen LogP contribution in [0.1, 0.15) is 48.9 Å². The Bertz CT molecular complexity index is 991. The predicted octanol–water partition coefficient (Wildman–Crippen LogP) is 4.46. The molecule has 28 heavy (non-hydrogen) atoms. The fraction of sp³-hybridized carbons (Fsp3) is 0.550. The van der Waals surface area contributed by atoms with Gasteiger partial charge in [-0.3, -0.25) is 0 Å². The SMILES string of the molecule is Cc1[nH]c(C(OCC2CCCC3CC23)c2ccc(F)c(Cl)c2)nc1S(C)(=O)=O. The molecule has 0 aliphatic heterocycles. The Kier molecular flexibility index (Phi) is 5.27. The van der Waals surface area contributed by atoms with Gasteiger partial charge in [0, 0.05) is 6.26 Å². The minimum Gasteiger partial charge on any atom is -0.365 e. The summed E-state index contributed by atoms with van der Waals surface area (Å²) in [6.07, 6.45) is 5.45. The topological polar surface area (TPSA) is 72.0 Å². The fourth-order valence-corrected chi connectivity index (χ4v) is 5.48. The zero-order valence-corrected chi connectivity index (χ0v) is 17.5. The highest BCUT2D eigenvalue weighted by molar-refractivity contribution is 7.90. The fourth-order valence-electron chi connectivity index (χ4n) is 4.42. The summed E-state index contributed by atoms with van der Waals surface area (Å²) < 4.78 is 43.9. The highest BCUT2D eigenvalue weighted by Crippen LogP contribution is 2.53. The molecule has 0 saturated heterocycles. The second kappa shape index (κ2) is 7.43. The average molecular weight is 427 g/mol. The summed E-state index contributed by atoms with van der Waals surface area (Å²) in [6.45, 7) is 2.23. The Balaban J connectivity index is 1.64. The first-order valence-electron chi connectivity index (χ1n) is 9.57. The van der Waals surface area contributed by atoms with Crippen molar-refractivity contribution in [2.45, 2.75) is 43.7 Å². The van der Waals surface area contributed by atoms with E-state index in [-0.39, 0.29) is 10.0 Å². The van der Waals surface area contributed by atoms with Crippen molar-refractivity contribution in [2.24, 2.45) is 17.8 Å². The predicted molar refractivity (Wildman–Crippen MR) is 105 cm³/mol. The average Bonchev–Trinajstić information content (AvgIpc) is 3.32. The zero-order chi connectivity index (χ0) is 20.1. The van der Waals surface area contributed by atoms with Gasteiger partial charge in [-0.15, -0.1) is 0 Å². The molecular weight excluding hydrogens is 403 g/mol. The summed E-state index contributed by atoms with van der Waals surface area (Å²) in [7, 11) is -3.46. The van der Waals surface area contributed by atoms with Crippen molar-refractivity contribution < 1.29 is 17.5 Å². The summed E-state index contributed by atoms with van der Waals surface area (Å²) in [5, 5.41) is 0.00173. The highest BCUT2D eigenvalue weighted by Gasteiger charge is 2.45. The Hall–Kier alpha value is -1.44. The third kappa shape index (κ3) is 3.98. The number of benzene rings is 1. The molecule has 2 aliphatic carbocycles. The summed E-state index contributed by atoms with van der Waals surface area (Å²) >= 11 is 5.98. The molecule has 1 N–H and O–H groups in total. The van der Waals surface area contributed by atoms with Crippen molar-refractivity contribution in [3.63, 3.8) is 0 Å². The Labute approximate surface area is 169 Å². The number of imidazole rings is 1. The van der Waals surface area contributed by atoms with Crippen LogP contribution < -0.4 is 0 Å². The largest absolute Gasteiger partial charge is 0.365 e. The van der Waals surface area contributed by atoms with Crippen LogP contribution in [0, 0.1) is 30.5 Å². The first-order valence-corrected chi connectivity index (χ1v) is 11.8. The Morgan fingerprint density at radius 3 is 2.86 bits per heavy atom. The Morgan fingerprint density at radius 1 is 1.39 bits per heavy atom. The third-order valence-corrected chi connectivity index (χ3v) is 7.30. The molecule has 4 atom stereocenters. The van der Waals surface area contributed by atoms with Crippen LogP contribution in [-0.2, 0) is 14.6 Å². The molecule has 8 heteroatoms. The van der Waals surface area contributed by atoms with Crippen LogP contribution in [0.15, 0.2) is 23.2 Å². The van der Waals surface area contributed by atoms with E-state index >= 15 is 0 Å². The van der Waals surface area contributed by atoms with Crippen molar-refractivity contribution >= 4 is 21.4 Å². The van der Waals surface area contributed by atoms with E-state index in [9.17, 15) is 12.8 Å². The van der Waals surface area contributed by atoms with Gasteiger partial charge in [-0.05, 0) is 55.2 Å². The highest BCUT2D eigenvalue weighted by atomic mass is 35.5. The standard InChI is InChI=1S/C20H24ClFN2O3S/c1-11-20(28(2,25)26)24-19(23-11)18(13-6-7-17(22)16(21)9-13)27-10-14-5-3-4-12-8-15(12)14/h6-7,9,12,14-15,18H,3-5,8,10H2,1-2H3,(H,23,24). The summed E-state index contributed by atoms with van der Waals surface area (Å²) in [5.41, 5.74) is 1.10. The lowest BCUT2D eigenvalue weighted by Gasteiger charge is -2.24. The van der Waals surface area contributed by atoms with E-state index in [2.05, 4.69) is 9.97 Å². The maximum Gasteiger partial charge on any atom is 0.194 e. The molecule has 4 rings (SSSR count). The number of hydrogen-bond acceptors (Lipinski definition) is 4. The molecule has 5 nitrogen and oxygen atoms in total. The Morgan fingerprint density at radius 2 is 2.18 bits per heavy atom. The molecule has 2 aliphatic rings. The van der Waals surface area contributed by atoms with Gasteiger partial charge in [-0.1, -0.05) is 30.5 Å². The number of halogens is 2. The van der Waals surface area contributed by atoms with Gasteiger partial charge < -0.3 is 9.72 Å². The molecule has 2 saturated carbocycles. The molecule has 0 amide bonds. The van der Waals surface area contributed by atoms with E-state index in [0.717, 1.165) is 24.5 Å². The van der Waals surface area contributed by atoms with Crippen LogP contribution >= 0.6 is 11.6 Å². The lowest BCUT2D eigenvalue weighted by Crippen LogP contribution is -2.19. The number of aromatic amines is 1. The van der Waals surface area contributed by atoms with Gasteiger partial charge in [0.25, 0.3) is 0 Å². The minimum absolute atomic E-state index is 0.00219. The lowest BCUT2D eigenvalue weighted by atomic mass is 9.90. The molecule has 4 unspecified atom stereocenters. The third-order valence-electron chi connectivity index (χ3n) is 5.91. The summed E-state index contributed by atoms with van der Waals surface area (Å²) in [6, 6.07) is 4.41. The minimum atomic E-state index is -3.46. The van der Waals surface area contributed by atoms with Crippen LogP contribution in [0.25, 0.3) is 0 Å². The van der Waals surface area contributed by atoms with Gasteiger partial charge in [0.1, 0.15) is 17.7 Å². The van der Waals surface area contributed by atoms with E-state index < -0.39 is 21.8 Å². The summed E-state index contributed by atoms with van der Waals surface area (Å²) in [5.74, 6) is 1.95. The monoisotopic (exact) mass is 426 g/mol. The number of nitrogens with one attached hydrogen (secondary N) is 1. The second-order valence-corrected chi connectivity index (χ2v) is 10.4. The molecule has 1 heterocycles. The van der Waals surface area contributed by atoms with Gasteiger partial charge in [0.05, 0.1) is 17.3 Å². The van der Waals surface area contributed by atoms with E-state index in [0.29, 0.717) is 29.6 Å². The molecule has 2 fully saturated rings. The number of nitrogens with zero attached hydrogens (tertiary/aromatic N) is 1.